The van der Waals surface area contributed by atoms with Crippen molar-refractivity contribution >= 4 is 0 Å². The maximum Gasteiger partial charge on any atom is 1.00 e. The van der Waals surface area contributed by atoms with Crippen molar-refractivity contribution in [2.75, 3.05) is 6.54 Å². The first-order chi connectivity index (χ1) is 6.25. The molecule has 0 saturated heterocycles. The Labute approximate surface area is 175 Å². The van der Waals surface area contributed by atoms with Gasteiger partial charge in [0.2, 0.25) is 0 Å². The molecule has 82 valence electrons. The zero-order valence-corrected chi connectivity index (χ0v) is 14.5. The van der Waals surface area contributed by atoms with Crippen molar-refractivity contribution in [3.8, 4) is 0 Å². The smallest absolute Gasteiger partial charge is 1.00 e. The molecule has 0 saturated carbocycles. The van der Waals surface area contributed by atoms with Crippen molar-refractivity contribution < 1.29 is 125 Å². The second kappa shape index (κ2) is 8.89. The van der Waals surface area contributed by atoms with Crippen LogP contribution in [-0.4, -0.2) is 32.0 Å². The van der Waals surface area contributed by atoms with E-state index >= 15 is 0 Å². The zero-order chi connectivity index (χ0) is 11.5. The molecule has 0 aliphatic heterocycles. The van der Waals surface area contributed by atoms with Crippen LogP contribution in [-0.2, 0) is 0 Å². The zero-order valence-electron chi connectivity index (χ0n) is 10.3. The summed E-state index contributed by atoms with van der Waals surface area (Å²) in [5.74, 6) is -4.01. The van der Waals surface area contributed by atoms with Gasteiger partial charge in [0.05, 0.1) is 0 Å². The molecule has 12 nitrogen and oxygen atoms in total. The summed E-state index contributed by atoms with van der Waals surface area (Å²) < 4.78 is 0. The van der Waals surface area contributed by atoms with Crippen LogP contribution < -0.4 is 103 Å². The van der Waals surface area contributed by atoms with Crippen LogP contribution in [0.15, 0.2) is 0 Å². The van der Waals surface area contributed by atoms with E-state index in [-0.39, 0.29) is 106 Å². The Kier molecular flexibility index (Phi) is 12.3. The third-order valence-electron chi connectivity index (χ3n) is 1.22. The maximum absolute atomic E-state index is 10.1. The SMILES string of the molecule is O=[N+]([O-])CC([N+](=O)[O-])([N+](=O)[O-])[N+](=O)[O-].[H-].[H-].[K+].[K+]. The first-order valence-corrected chi connectivity index (χ1v) is 2.80. The van der Waals surface area contributed by atoms with Crippen molar-refractivity contribution in [1.82, 2.24) is 0 Å². The van der Waals surface area contributed by atoms with E-state index in [1.54, 1.807) is 0 Å². The van der Waals surface area contributed by atoms with Crippen LogP contribution in [0.3, 0.4) is 0 Å². The molecule has 0 amide bonds. The predicted molar refractivity (Wildman–Crippen MR) is 37.8 cm³/mol. The molecule has 14 heteroatoms. The molecule has 16 heavy (non-hydrogen) atoms. The summed E-state index contributed by atoms with van der Waals surface area (Å²) in [6, 6.07) is 0. The van der Waals surface area contributed by atoms with Crippen molar-refractivity contribution in [3.05, 3.63) is 40.5 Å². The molecule has 0 heterocycles. The Hall–Kier alpha value is 0.873. The van der Waals surface area contributed by atoms with Crippen LogP contribution in [0.1, 0.15) is 2.85 Å². The summed E-state index contributed by atoms with van der Waals surface area (Å²) in [7, 11) is 0. The molecule has 0 rings (SSSR count). The largest absolute Gasteiger partial charge is 1.00 e. The van der Waals surface area contributed by atoms with E-state index in [1.165, 1.54) is 0 Å². The molecule has 0 aliphatic rings. The van der Waals surface area contributed by atoms with E-state index < -0.39 is 32.0 Å². The Morgan fingerprint density at radius 2 is 1.06 bits per heavy atom. The summed E-state index contributed by atoms with van der Waals surface area (Å²) in [5, 5.41) is 40.0. The molecule has 0 N–H and O–H groups in total. The molecule has 0 unspecified atom stereocenters. The van der Waals surface area contributed by atoms with Gasteiger partial charge in [0.1, 0.15) is 0 Å². The fraction of sp³-hybridized carbons (Fsp3) is 1.00. The quantitative estimate of drug-likeness (QED) is 0.208. The number of rotatable bonds is 5. The minimum absolute atomic E-state index is 0. The van der Waals surface area contributed by atoms with Gasteiger partial charge in [-0.2, -0.15) is 0 Å². The first-order valence-electron chi connectivity index (χ1n) is 2.80. The van der Waals surface area contributed by atoms with E-state index in [1.807, 2.05) is 0 Å². The van der Waals surface area contributed by atoms with Gasteiger partial charge < -0.3 is 2.85 Å². The Morgan fingerprint density at radius 1 is 0.812 bits per heavy atom. The number of nitrogens with zero attached hydrogens (tertiary/aromatic N) is 4. The van der Waals surface area contributed by atoms with Gasteiger partial charge in [0, 0.05) is 4.92 Å². The molecule has 0 bridgehead atoms. The summed E-state index contributed by atoms with van der Waals surface area (Å²) in [5.41, 5.74) is 0. The monoisotopic (exact) mass is 290 g/mol. The van der Waals surface area contributed by atoms with Crippen LogP contribution >= 0.6 is 0 Å². The second-order valence-electron chi connectivity index (χ2n) is 2.04. The number of hydrogen-bond donors (Lipinski definition) is 0. The van der Waals surface area contributed by atoms with Crippen LogP contribution in [0.25, 0.3) is 0 Å². The van der Waals surface area contributed by atoms with E-state index in [4.69, 9.17) is 0 Å². The van der Waals surface area contributed by atoms with E-state index in [0.29, 0.717) is 0 Å². The Bertz CT molecular complexity index is 290. The minimum Gasteiger partial charge on any atom is -1.00 e. The normalized spacial score (nSPS) is 9.25. The van der Waals surface area contributed by atoms with E-state index in [2.05, 4.69) is 0 Å². The molecule has 0 atom stereocenters. The predicted octanol–water partition coefficient (Wildman–Crippen LogP) is -7.02. The van der Waals surface area contributed by atoms with Gasteiger partial charge >= 0.3 is 115 Å². The second-order valence-corrected chi connectivity index (χ2v) is 2.04. The van der Waals surface area contributed by atoms with Gasteiger partial charge in [0.15, 0.2) is 14.8 Å². The van der Waals surface area contributed by atoms with Crippen LogP contribution in [0.4, 0.5) is 0 Å². The molecule has 0 aliphatic carbocycles. The molecule has 0 spiro atoms. The summed E-state index contributed by atoms with van der Waals surface area (Å²) in [6.45, 7) is -2.01. The van der Waals surface area contributed by atoms with Crippen molar-refractivity contribution in [3.63, 3.8) is 0 Å². The van der Waals surface area contributed by atoms with Crippen molar-refractivity contribution in [2.45, 2.75) is 5.79 Å². The maximum atomic E-state index is 10.1. The summed E-state index contributed by atoms with van der Waals surface area (Å²) in [4.78, 5) is 32.8. The third kappa shape index (κ3) is 5.02. The average Bonchev–Trinajstić information content (AvgIpc) is 1.97. The van der Waals surface area contributed by atoms with Gasteiger partial charge in [-0.25, -0.2) is 0 Å². The molecular weight excluding hydrogens is 286 g/mol. The summed E-state index contributed by atoms with van der Waals surface area (Å²) in [6.07, 6.45) is 0. The van der Waals surface area contributed by atoms with Gasteiger partial charge in [-0.05, 0) is 0 Å². The average molecular weight is 290 g/mol. The fourth-order valence-corrected chi connectivity index (χ4v) is 0.546. The van der Waals surface area contributed by atoms with Gasteiger partial charge in [-0.15, -0.1) is 0 Å². The number of nitro groups is 4. The Balaban J connectivity index is -0.000000141. The fourth-order valence-electron chi connectivity index (χ4n) is 0.546. The summed E-state index contributed by atoms with van der Waals surface area (Å²) >= 11 is 0. The molecule has 0 fully saturated rings. The van der Waals surface area contributed by atoms with Crippen molar-refractivity contribution in [1.29, 1.82) is 0 Å². The Morgan fingerprint density at radius 3 is 1.12 bits per heavy atom. The molecule has 0 aromatic rings. The molecule has 0 radical (unpaired) electrons. The first kappa shape index (κ1) is 22.1. The van der Waals surface area contributed by atoms with Gasteiger partial charge in [0.25, 0.3) is 0 Å². The molecule has 0 aromatic carbocycles. The van der Waals surface area contributed by atoms with Gasteiger partial charge in [-0.1, -0.05) is 0 Å². The van der Waals surface area contributed by atoms with E-state index in [0.717, 1.165) is 0 Å². The topological polar surface area (TPSA) is 173 Å². The van der Waals surface area contributed by atoms with Crippen LogP contribution in [0, 0.1) is 40.5 Å². The molecular formula is C2H4K2N4O8. The molecule has 0 aromatic heterocycles. The van der Waals surface area contributed by atoms with Gasteiger partial charge in [-0.3, -0.25) is 40.5 Å². The number of hydrogen-bond acceptors (Lipinski definition) is 8. The van der Waals surface area contributed by atoms with E-state index in [9.17, 15) is 40.5 Å². The minimum atomic E-state index is -4.01. The standard InChI is InChI=1S/C2H2N4O8.2K.2H/c7-3(8)1-2(4(9)10,5(11)12)6(13)14;;;;/h1H2;;;;/q;2*+1;2*-1. The third-order valence-corrected chi connectivity index (χ3v) is 1.22. The van der Waals surface area contributed by atoms with Crippen LogP contribution in [0.2, 0.25) is 0 Å². The van der Waals surface area contributed by atoms with Crippen LogP contribution in [0.5, 0.6) is 0 Å². The van der Waals surface area contributed by atoms with Crippen molar-refractivity contribution in [2.24, 2.45) is 0 Å².